The van der Waals surface area contributed by atoms with Crippen LogP contribution in [0.1, 0.15) is 27.2 Å². The molecule has 0 amide bonds. The molecule has 0 aliphatic rings. The summed E-state index contributed by atoms with van der Waals surface area (Å²) in [5, 5.41) is 12.9. The Morgan fingerprint density at radius 2 is 2.10 bits per heavy atom. The molecule has 0 radical (unpaired) electrons. The third kappa shape index (κ3) is 4.93. The van der Waals surface area contributed by atoms with E-state index in [0.29, 0.717) is 6.42 Å². The van der Waals surface area contributed by atoms with Gasteiger partial charge in [-0.05, 0) is 11.8 Å². The lowest BCUT2D eigenvalue weighted by Gasteiger charge is -2.23. The summed E-state index contributed by atoms with van der Waals surface area (Å²) < 4.78 is 27.7. The third-order valence-corrected chi connectivity index (χ3v) is 4.10. The fourth-order valence-corrected chi connectivity index (χ4v) is 2.88. The first kappa shape index (κ1) is 16.6. The Morgan fingerprint density at radius 1 is 1.50 bits per heavy atom. The highest BCUT2D eigenvalue weighted by molar-refractivity contribution is 7.89. The zero-order valence-corrected chi connectivity index (χ0v) is 12.9. The van der Waals surface area contributed by atoms with Crippen LogP contribution in [0.3, 0.4) is 0 Å². The summed E-state index contributed by atoms with van der Waals surface area (Å²) in [6, 6.07) is 0. The minimum atomic E-state index is -3.72. The van der Waals surface area contributed by atoms with Crippen LogP contribution in [0.4, 0.5) is 0 Å². The molecule has 1 heterocycles. The molecule has 114 valence electrons. The van der Waals surface area contributed by atoms with E-state index in [2.05, 4.69) is 9.82 Å². The Balaban J connectivity index is 2.75. The molecule has 0 bridgehead atoms. The molecule has 1 rings (SSSR count). The largest absolute Gasteiger partial charge is 0.481 e. The normalized spacial score (nSPS) is 14.2. The fourth-order valence-electron chi connectivity index (χ4n) is 1.82. The van der Waals surface area contributed by atoms with E-state index in [4.69, 9.17) is 5.11 Å². The molecule has 0 aliphatic carbocycles. The van der Waals surface area contributed by atoms with Gasteiger partial charge in [0.25, 0.3) is 0 Å². The number of nitrogens with one attached hydrogen (secondary N) is 1. The van der Waals surface area contributed by atoms with E-state index >= 15 is 0 Å². The van der Waals surface area contributed by atoms with Crippen molar-refractivity contribution >= 4 is 16.0 Å². The van der Waals surface area contributed by atoms with E-state index in [0.717, 1.165) is 0 Å². The SMILES string of the molecule is Cn1cc(S(=O)(=O)NCC(CC(C)(C)C)C(=O)O)cn1. The molecule has 0 spiro atoms. The Hall–Kier alpha value is -1.41. The molecule has 1 aromatic rings. The van der Waals surface area contributed by atoms with Gasteiger partial charge in [-0.15, -0.1) is 0 Å². The van der Waals surface area contributed by atoms with Crippen LogP contribution in [0.25, 0.3) is 0 Å². The molecule has 1 aromatic heterocycles. The summed E-state index contributed by atoms with van der Waals surface area (Å²) in [5.41, 5.74) is -0.192. The van der Waals surface area contributed by atoms with Gasteiger partial charge in [-0.2, -0.15) is 5.10 Å². The molecule has 20 heavy (non-hydrogen) atoms. The van der Waals surface area contributed by atoms with E-state index in [1.807, 2.05) is 20.8 Å². The number of sulfonamides is 1. The van der Waals surface area contributed by atoms with Crippen molar-refractivity contribution in [1.29, 1.82) is 0 Å². The number of hydrogen-bond donors (Lipinski definition) is 2. The van der Waals surface area contributed by atoms with Crippen molar-refractivity contribution in [3.05, 3.63) is 12.4 Å². The standard InChI is InChI=1S/C12H21N3O4S/c1-12(2,3)5-9(11(16)17)6-14-20(18,19)10-7-13-15(4)8-10/h7-9,14H,5-6H2,1-4H3,(H,16,17). The minimum absolute atomic E-state index is 0.0277. The van der Waals surface area contributed by atoms with Crippen LogP contribution in [0.2, 0.25) is 0 Å². The van der Waals surface area contributed by atoms with Gasteiger partial charge in [0, 0.05) is 19.8 Å². The van der Waals surface area contributed by atoms with Crippen molar-refractivity contribution in [3.8, 4) is 0 Å². The third-order valence-electron chi connectivity index (χ3n) is 2.72. The van der Waals surface area contributed by atoms with E-state index in [9.17, 15) is 13.2 Å². The monoisotopic (exact) mass is 303 g/mol. The highest BCUT2D eigenvalue weighted by Crippen LogP contribution is 2.24. The van der Waals surface area contributed by atoms with Gasteiger partial charge in [0.2, 0.25) is 10.0 Å². The molecule has 0 aromatic carbocycles. The van der Waals surface area contributed by atoms with Crippen molar-refractivity contribution in [2.75, 3.05) is 6.54 Å². The number of nitrogens with zero attached hydrogens (tertiary/aromatic N) is 2. The van der Waals surface area contributed by atoms with Gasteiger partial charge < -0.3 is 5.11 Å². The van der Waals surface area contributed by atoms with Gasteiger partial charge in [0.15, 0.2) is 0 Å². The lowest BCUT2D eigenvalue weighted by molar-refractivity contribution is -0.142. The highest BCUT2D eigenvalue weighted by Gasteiger charge is 2.26. The van der Waals surface area contributed by atoms with E-state index in [1.165, 1.54) is 17.1 Å². The average molecular weight is 303 g/mol. The Morgan fingerprint density at radius 3 is 2.50 bits per heavy atom. The number of carbonyl (C=O) groups is 1. The highest BCUT2D eigenvalue weighted by atomic mass is 32.2. The molecule has 7 nitrogen and oxygen atoms in total. The lowest BCUT2D eigenvalue weighted by Crippen LogP contribution is -2.34. The quantitative estimate of drug-likeness (QED) is 0.810. The topological polar surface area (TPSA) is 101 Å². The molecule has 1 unspecified atom stereocenters. The zero-order valence-electron chi connectivity index (χ0n) is 12.1. The van der Waals surface area contributed by atoms with E-state index in [-0.39, 0.29) is 16.9 Å². The average Bonchev–Trinajstić information content (AvgIpc) is 2.70. The molecular weight excluding hydrogens is 282 g/mol. The van der Waals surface area contributed by atoms with Gasteiger partial charge in [0.05, 0.1) is 12.1 Å². The maximum atomic E-state index is 12.0. The van der Waals surface area contributed by atoms with Crippen molar-refractivity contribution in [3.63, 3.8) is 0 Å². The van der Waals surface area contributed by atoms with Crippen LogP contribution in [-0.2, 0) is 21.9 Å². The Bertz CT molecular complexity index is 572. The number of rotatable bonds is 6. The van der Waals surface area contributed by atoms with Gasteiger partial charge in [-0.1, -0.05) is 20.8 Å². The fraction of sp³-hybridized carbons (Fsp3) is 0.667. The lowest BCUT2D eigenvalue weighted by atomic mass is 9.85. The number of hydrogen-bond acceptors (Lipinski definition) is 4. The molecule has 8 heteroatoms. The molecule has 1 atom stereocenters. The number of carboxylic acids is 1. The van der Waals surface area contributed by atoms with Crippen molar-refractivity contribution in [2.24, 2.45) is 18.4 Å². The minimum Gasteiger partial charge on any atom is -0.481 e. The smallest absolute Gasteiger partial charge is 0.307 e. The summed E-state index contributed by atoms with van der Waals surface area (Å²) in [4.78, 5) is 11.2. The predicted molar refractivity (Wildman–Crippen MR) is 73.6 cm³/mol. The van der Waals surface area contributed by atoms with Crippen LogP contribution in [0.15, 0.2) is 17.3 Å². The summed E-state index contributed by atoms with van der Waals surface area (Å²) in [6.45, 7) is 5.61. The number of aryl methyl sites for hydroxylation is 1. The van der Waals surface area contributed by atoms with Gasteiger partial charge in [-0.3, -0.25) is 9.48 Å². The van der Waals surface area contributed by atoms with Crippen molar-refractivity contribution in [2.45, 2.75) is 32.1 Å². The summed E-state index contributed by atoms with van der Waals surface area (Å²) in [7, 11) is -2.11. The van der Waals surface area contributed by atoms with Crippen LogP contribution in [0.5, 0.6) is 0 Å². The molecule has 0 saturated heterocycles. The Labute approximate surface area is 119 Å². The molecule has 2 N–H and O–H groups in total. The predicted octanol–water partition coefficient (Wildman–Crippen LogP) is 0.835. The number of aromatic nitrogens is 2. The second-order valence-electron chi connectivity index (χ2n) is 6.00. The van der Waals surface area contributed by atoms with E-state index < -0.39 is 21.9 Å². The van der Waals surface area contributed by atoms with Crippen molar-refractivity contribution < 1.29 is 18.3 Å². The first-order chi connectivity index (χ1) is 9.01. The van der Waals surface area contributed by atoms with Crippen molar-refractivity contribution in [1.82, 2.24) is 14.5 Å². The first-order valence-corrected chi connectivity index (χ1v) is 7.71. The van der Waals surface area contributed by atoms with Crippen LogP contribution < -0.4 is 4.72 Å². The van der Waals surface area contributed by atoms with Crippen LogP contribution >= 0.6 is 0 Å². The second kappa shape index (κ2) is 5.92. The zero-order chi connectivity index (χ0) is 15.6. The van der Waals surface area contributed by atoms with Gasteiger partial charge in [-0.25, -0.2) is 13.1 Å². The summed E-state index contributed by atoms with van der Waals surface area (Å²) >= 11 is 0. The number of aliphatic carboxylic acids is 1. The van der Waals surface area contributed by atoms with Crippen LogP contribution in [0, 0.1) is 11.3 Å². The molecule has 0 aliphatic heterocycles. The molecular formula is C12H21N3O4S. The first-order valence-electron chi connectivity index (χ1n) is 6.22. The maximum Gasteiger partial charge on any atom is 0.307 e. The molecule has 0 saturated carbocycles. The summed E-state index contributed by atoms with van der Waals surface area (Å²) in [5.74, 6) is -1.77. The second-order valence-corrected chi connectivity index (χ2v) is 7.77. The maximum absolute atomic E-state index is 12.0. The molecule has 0 fully saturated rings. The van der Waals surface area contributed by atoms with E-state index in [1.54, 1.807) is 7.05 Å². The Kier molecular flexibility index (Phi) is 4.93. The van der Waals surface area contributed by atoms with Gasteiger partial charge >= 0.3 is 5.97 Å². The van der Waals surface area contributed by atoms with Gasteiger partial charge in [0.1, 0.15) is 4.90 Å². The number of carboxylic acid groups (broad SMARTS) is 1. The van der Waals surface area contributed by atoms with Crippen LogP contribution in [-0.4, -0.2) is 35.8 Å². The summed E-state index contributed by atoms with van der Waals surface area (Å²) in [6.07, 6.45) is 2.97.